The summed E-state index contributed by atoms with van der Waals surface area (Å²) in [5.41, 5.74) is 2.72. The van der Waals surface area contributed by atoms with E-state index in [1.807, 2.05) is 0 Å². The number of aliphatic hydroxyl groups is 1. The van der Waals surface area contributed by atoms with Crippen LogP contribution in [-0.4, -0.2) is 30.8 Å². The Balaban J connectivity index is 2.03. The minimum Gasteiger partial charge on any atom is -0.396 e. The average Bonchev–Trinajstić information content (AvgIpc) is 2.99. The molecule has 118 valence electrons. The second-order valence-electron chi connectivity index (χ2n) is 5.97. The zero-order valence-electron chi connectivity index (χ0n) is 13.5. The van der Waals surface area contributed by atoms with Crippen molar-refractivity contribution in [1.29, 1.82) is 0 Å². The Labute approximate surface area is 129 Å². The maximum Gasteiger partial charge on any atom is 0.0431 e. The molecule has 0 radical (unpaired) electrons. The van der Waals surface area contributed by atoms with E-state index in [2.05, 4.69) is 48.3 Å². The van der Waals surface area contributed by atoms with E-state index in [1.165, 1.54) is 24.1 Å². The van der Waals surface area contributed by atoms with Crippen LogP contribution in [-0.2, 0) is 0 Å². The van der Waals surface area contributed by atoms with Crippen molar-refractivity contribution in [3.8, 4) is 0 Å². The van der Waals surface area contributed by atoms with Crippen molar-refractivity contribution in [2.75, 3.05) is 24.6 Å². The third kappa shape index (κ3) is 4.21. The maximum absolute atomic E-state index is 9.03. The molecule has 2 unspecified atom stereocenters. The highest BCUT2D eigenvalue weighted by Gasteiger charge is 2.24. The van der Waals surface area contributed by atoms with Crippen LogP contribution in [0.2, 0.25) is 0 Å². The number of hydrogen-bond donors (Lipinski definition) is 2. The van der Waals surface area contributed by atoms with Crippen LogP contribution < -0.4 is 10.2 Å². The lowest BCUT2D eigenvalue weighted by molar-refractivity contribution is 0.279. The molecule has 0 saturated carbocycles. The number of rotatable bonds is 8. The Morgan fingerprint density at radius 3 is 2.67 bits per heavy atom. The Bertz CT molecular complexity index is 404. The SMILES string of the molecule is CCNC(CC)c1ccc(N2CCCC2CCCO)cc1. The zero-order valence-corrected chi connectivity index (χ0v) is 13.5. The third-order valence-corrected chi connectivity index (χ3v) is 4.56. The van der Waals surface area contributed by atoms with Crippen LogP contribution in [0, 0.1) is 0 Å². The molecule has 3 nitrogen and oxygen atoms in total. The van der Waals surface area contributed by atoms with Gasteiger partial charge in [-0.3, -0.25) is 0 Å². The molecule has 3 heteroatoms. The highest BCUT2D eigenvalue weighted by Crippen LogP contribution is 2.29. The first kappa shape index (κ1) is 16.3. The number of benzene rings is 1. The van der Waals surface area contributed by atoms with Crippen LogP contribution in [0.1, 0.15) is 57.6 Å². The molecule has 0 spiro atoms. The van der Waals surface area contributed by atoms with E-state index < -0.39 is 0 Å². The van der Waals surface area contributed by atoms with Gasteiger partial charge in [0.25, 0.3) is 0 Å². The van der Waals surface area contributed by atoms with Crippen LogP contribution in [0.4, 0.5) is 5.69 Å². The van der Waals surface area contributed by atoms with Crippen molar-refractivity contribution in [2.24, 2.45) is 0 Å². The molecule has 1 fully saturated rings. The third-order valence-electron chi connectivity index (χ3n) is 4.56. The molecular formula is C18H30N2O. The molecule has 1 aromatic rings. The van der Waals surface area contributed by atoms with Gasteiger partial charge in [-0.1, -0.05) is 26.0 Å². The summed E-state index contributed by atoms with van der Waals surface area (Å²) in [5, 5.41) is 12.6. The molecule has 0 bridgehead atoms. The monoisotopic (exact) mass is 290 g/mol. The second-order valence-corrected chi connectivity index (χ2v) is 5.97. The number of hydrogen-bond acceptors (Lipinski definition) is 3. The van der Waals surface area contributed by atoms with Gasteiger partial charge in [-0.25, -0.2) is 0 Å². The molecule has 0 aliphatic carbocycles. The Kier molecular flexibility index (Phi) is 6.52. The predicted octanol–water partition coefficient (Wildman–Crippen LogP) is 3.49. The van der Waals surface area contributed by atoms with Crippen molar-refractivity contribution in [3.05, 3.63) is 29.8 Å². The lowest BCUT2D eigenvalue weighted by Crippen LogP contribution is -2.29. The number of aliphatic hydroxyl groups excluding tert-OH is 1. The molecular weight excluding hydrogens is 260 g/mol. The number of nitrogens with one attached hydrogen (secondary N) is 1. The summed E-state index contributed by atoms with van der Waals surface area (Å²) in [6, 6.07) is 10.2. The van der Waals surface area contributed by atoms with Gasteiger partial charge in [0.2, 0.25) is 0 Å². The van der Waals surface area contributed by atoms with Crippen molar-refractivity contribution in [2.45, 2.75) is 58.0 Å². The van der Waals surface area contributed by atoms with Gasteiger partial charge in [-0.2, -0.15) is 0 Å². The van der Waals surface area contributed by atoms with Gasteiger partial charge in [-0.15, -0.1) is 0 Å². The van der Waals surface area contributed by atoms with Gasteiger partial charge < -0.3 is 15.3 Å². The highest BCUT2D eigenvalue weighted by atomic mass is 16.2. The summed E-state index contributed by atoms with van der Waals surface area (Å²) in [6.45, 7) is 6.86. The highest BCUT2D eigenvalue weighted by molar-refractivity contribution is 5.50. The van der Waals surface area contributed by atoms with Crippen LogP contribution in [0.3, 0.4) is 0 Å². The Morgan fingerprint density at radius 2 is 2.05 bits per heavy atom. The van der Waals surface area contributed by atoms with Gasteiger partial charge in [0.05, 0.1) is 0 Å². The molecule has 1 heterocycles. The summed E-state index contributed by atoms with van der Waals surface area (Å²) in [5.74, 6) is 0. The fourth-order valence-electron chi connectivity index (χ4n) is 3.45. The first-order chi connectivity index (χ1) is 10.3. The molecule has 1 saturated heterocycles. The normalized spacial score (nSPS) is 20.0. The second kappa shape index (κ2) is 8.40. The van der Waals surface area contributed by atoms with E-state index in [4.69, 9.17) is 5.11 Å². The quantitative estimate of drug-likeness (QED) is 0.769. The maximum atomic E-state index is 9.03. The molecule has 1 aromatic carbocycles. The molecule has 1 aliphatic rings. The standard InChI is InChI=1S/C18H30N2O/c1-3-18(19-4-2)15-9-11-17(12-10-15)20-13-5-7-16(20)8-6-14-21/h9-12,16,18-19,21H,3-8,13-14H2,1-2H3. The minimum atomic E-state index is 0.310. The van der Waals surface area contributed by atoms with E-state index in [9.17, 15) is 0 Å². The lowest BCUT2D eigenvalue weighted by atomic mass is 10.0. The largest absolute Gasteiger partial charge is 0.396 e. The van der Waals surface area contributed by atoms with Crippen molar-refractivity contribution >= 4 is 5.69 Å². The summed E-state index contributed by atoms with van der Waals surface area (Å²) in [7, 11) is 0. The minimum absolute atomic E-state index is 0.310. The molecule has 2 rings (SSSR count). The number of nitrogens with zero attached hydrogens (tertiary/aromatic N) is 1. The van der Waals surface area contributed by atoms with Crippen molar-refractivity contribution < 1.29 is 5.11 Å². The predicted molar refractivity (Wildman–Crippen MR) is 89.8 cm³/mol. The fraction of sp³-hybridized carbons (Fsp3) is 0.667. The lowest BCUT2D eigenvalue weighted by Gasteiger charge is -2.27. The summed E-state index contributed by atoms with van der Waals surface area (Å²) in [6.07, 6.45) is 5.67. The van der Waals surface area contributed by atoms with Crippen LogP contribution in [0.25, 0.3) is 0 Å². The molecule has 2 N–H and O–H groups in total. The van der Waals surface area contributed by atoms with Crippen molar-refractivity contribution in [3.63, 3.8) is 0 Å². The fourth-order valence-corrected chi connectivity index (χ4v) is 3.45. The van der Waals surface area contributed by atoms with Gasteiger partial charge in [0.15, 0.2) is 0 Å². The molecule has 1 aliphatic heterocycles. The van der Waals surface area contributed by atoms with Gasteiger partial charge >= 0.3 is 0 Å². The molecule has 0 aromatic heterocycles. The summed E-state index contributed by atoms with van der Waals surface area (Å²) < 4.78 is 0. The van der Waals surface area contributed by atoms with E-state index in [-0.39, 0.29) is 0 Å². The van der Waals surface area contributed by atoms with Crippen LogP contribution in [0.15, 0.2) is 24.3 Å². The van der Waals surface area contributed by atoms with E-state index >= 15 is 0 Å². The van der Waals surface area contributed by atoms with Gasteiger partial charge in [-0.05, 0) is 56.3 Å². The average molecular weight is 290 g/mol. The van der Waals surface area contributed by atoms with Crippen LogP contribution in [0.5, 0.6) is 0 Å². The molecule has 21 heavy (non-hydrogen) atoms. The zero-order chi connectivity index (χ0) is 15.1. The van der Waals surface area contributed by atoms with E-state index in [1.54, 1.807) is 0 Å². The molecule has 2 atom stereocenters. The summed E-state index contributed by atoms with van der Waals surface area (Å²) >= 11 is 0. The smallest absolute Gasteiger partial charge is 0.0431 e. The first-order valence-corrected chi connectivity index (χ1v) is 8.51. The topological polar surface area (TPSA) is 35.5 Å². The number of anilines is 1. The van der Waals surface area contributed by atoms with Gasteiger partial charge in [0, 0.05) is 30.9 Å². The Hall–Kier alpha value is -1.06. The van der Waals surface area contributed by atoms with Gasteiger partial charge in [0.1, 0.15) is 0 Å². The summed E-state index contributed by atoms with van der Waals surface area (Å²) in [4.78, 5) is 2.52. The first-order valence-electron chi connectivity index (χ1n) is 8.51. The van der Waals surface area contributed by atoms with Crippen molar-refractivity contribution in [1.82, 2.24) is 5.32 Å². The molecule has 0 amide bonds. The van der Waals surface area contributed by atoms with Crippen LogP contribution >= 0.6 is 0 Å². The van der Waals surface area contributed by atoms with E-state index in [0.29, 0.717) is 18.7 Å². The Morgan fingerprint density at radius 1 is 1.29 bits per heavy atom. The van der Waals surface area contributed by atoms with E-state index in [0.717, 1.165) is 32.4 Å².